The van der Waals surface area contributed by atoms with Crippen molar-refractivity contribution in [3.63, 3.8) is 0 Å². The highest BCUT2D eigenvalue weighted by Gasteiger charge is 2.34. The molecule has 0 N–H and O–H groups in total. The van der Waals surface area contributed by atoms with Gasteiger partial charge in [0.25, 0.3) is 0 Å². The van der Waals surface area contributed by atoms with Gasteiger partial charge in [0.2, 0.25) is 0 Å². The highest BCUT2D eigenvalue weighted by molar-refractivity contribution is 6.70. The first-order valence-corrected chi connectivity index (χ1v) is 12.3. The summed E-state index contributed by atoms with van der Waals surface area (Å²) in [5, 5.41) is 0. The molecule has 1 nitrogen and oxygen atoms in total. The van der Waals surface area contributed by atoms with Gasteiger partial charge in [0.05, 0.1) is 0 Å². The maximum atomic E-state index is 3.60. The predicted molar refractivity (Wildman–Crippen MR) is 85.2 cm³/mol. The van der Waals surface area contributed by atoms with E-state index in [1.807, 2.05) is 0 Å². The molecular formula is C15H29NSi2. The average Bonchev–Trinajstić information content (AvgIpc) is 2.72. The Morgan fingerprint density at radius 3 is 2.33 bits per heavy atom. The van der Waals surface area contributed by atoms with Crippen LogP contribution in [0.2, 0.25) is 26.2 Å². The number of unbranched alkanes of at least 4 members (excludes halogenated alkanes) is 2. The molecule has 1 aliphatic rings. The van der Waals surface area contributed by atoms with Crippen LogP contribution in [0.1, 0.15) is 45.4 Å². The van der Waals surface area contributed by atoms with E-state index in [9.17, 15) is 0 Å². The molecule has 1 saturated carbocycles. The fourth-order valence-corrected chi connectivity index (χ4v) is 8.52. The van der Waals surface area contributed by atoms with Gasteiger partial charge < -0.3 is 4.23 Å². The van der Waals surface area contributed by atoms with E-state index in [-0.39, 0.29) is 17.9 Å². The van der Waals surface area contributed by atoms with Crippen molar-refractivity contribution in [3.8, 4) is 11.8 Å². The summed E-state index contributed by atoms with van der Waals surface area (Å²) in [6.07, 6.45) is 7.75. The SMILES string of the molecule is CCCCC#C[C@H]1CCC[C@H]1N([Si](C)C)[Si](C)C. The van der Waals surface area contributed by atoms with Crippen molar-refractivity contribution < 1.29 is 0 Å². The van der Waals surface area contributed by atoms with Crippen LogP contribution in [0.4, 0.5) is 0 Å². The number of hydrogen-bond donors (Lipinski definition) is 0. The Bertz CT molecular complexity index is 283. The van der Waals surface area contributed by atoms with Gasteiger partial charge in [0.1, 0.15) is 17.9 Å². The second kappa shape index (κ2) is 8.19. The first-order valence-electron chi connectivity index (χ1n) is 7.45. The van der Waals surface area contributed by atoms with Gasteiger partial charge in [-0.25, -0.2) is 0 Å². The summed E-state index contributed by atoms with van der Waals surface area (Å²) >= 11 is 0. The maximum absolute atomic E-state index is 3.60. The van der Waals surface area contributed by atoms with Gasteiger partial charge >= 0.3 is 0 Å². The van der Waals surface area contributed by atoms with Crippen LogP contribution in [-0.4, -0.2) is 28.2 Å². The Labute approximate surface area is 118 Å². The van der Waals surface area contributed by atoms with E-state index in [1.165, 1.54) is 32.1 Å². The van der Waals surface area contributed by atoms with E-state index >= 15 is 0 Å². The van der Waals surface area contributed by atoms with Gasteiger partial charge in [0, 0.05) is 18.4 Å². The zero-order chi connectivity index (χ0) is 13.5. The van der Waals surface area contributed by atoms with Gasteiger partial charge in [-0.1, -0.05) is 51.9 Å². The van der Waals surface area contributed by atoms with Crippen LogP contribution in [0.3, 0.4) is 0 Å². The molecule has 0 aromatic rings. The highest BCUT2D eigenvalue weighted by Crippen LogP contribution is 2.31. The molecule has 0 heterocycles. The van der Waals surface area contributed by atoms with E-state index in [2.05, 4.69) is 49.2 Å². The quantitative estimate of drug-likeness (QED) is 0.415. The molecule has 0 saturated heterocycles. The smallest absolute Gasteiger partial charge is 0.122 e. The third-order valence-electron chi connectivity index (χ3n) is 3.72. The van der Waals surface area contributed by atoms with Crippen LogP contribution < -0.4 is 0 Å². The zero-order valence-corrected chi connectivity index (χ0v) is 14.8. The molecule has 102 valence electrons. The Kier molecular flexibility index (Phi) is 7.28. The standard InChI is InChI=1S/C15H29NSi2/c1-6-7-8-9-11-14-12-10-13-15(14)16(17(2)3)18(4)5/h14-15H,6-8,10,12-13H2,1-5H3/t14-,15+/m0/s1. The van der Waals surface area contributed by atoms with Crippen molar-refractivity contribution in [1.82, 2.24) is 4.23 Å². The topological polar surface area (TPSA) is 3.24 Å². The third-order valence-corrected chi connectivity index (χ3v) is 8.99. The molecule has 2 radical (unpaired) electrons. The molecule has 0 spiro atoms. The molecule has 1 fully saturated rings. The van der Waals surface area contributed by atoms with Crippen LogP contribution in [0.15, 0.2) is 0 Å². The molecule has 3 heteroatoms. The van der Waals surface area contributed by atoms with Gasteiger partial charge in [0.15, 0.2) is 0 Å². The molecular weight excluding hydrogens is 250 g/mol. The molecule has 0 aromatic carbocycles. The summed E-state index contributed by atoms with van der Waals surface area (Å²) in [7, 11) is -0.623. The minimum atomic E-state index is -0.312. The van der Waals surface area contributed by atoms with Gasteiger partial charge in [-0.05, 0) is 19.3 Å². The second-order valence-electron chi connectivity index (χ2n) is 5.79. The summed E-state index contributed by atoms with van der Waals surface area (Å²) in [5.41, 5.74) is 0. The van der Waals surface area contributed by atoms with Crippen molar-refractivity contribution >= 4 is 17.9 Å². The Morgan fingerprint density at radius 2 is 1.78 bits per heavy atom. The second-order valence-corrected chi connectivity index (χ2v) is 11.0. The predicted octanol–water partition coefficient (Wildman–Crippen LogP) is 4.15. The maximum Gasteiger partial charge on any atom is 0.122 e. The lowest BCUT2D eigenvalue weighted by molar-refractivity contribution is 0.415. The third kappa shape index (κ3) is 4.57. The molecule has 0 aliphatic heterocycles. The number of nitrogens with zero attached hydrogens (tertiary/aromatic N) is 1. The zero-order valence-electron chi connectivity index (χ0n) is 12.8. The number of hydrogen-bond acceptors (Lipinski definition) is 1. The molecule has 2 atom stereocenters. The molecule has 0 unspecified atom stereocenters. The molecule has 0 aromatic heterocycles. The molecule has 18 heavy (non-hydrogen) atoms. The Hall–Kier alpha value is -0.0462. The van der Waals surface area contributed by atoms with E-state index in [0.29, 0.717) is 5.92 Å². The highest BCUT2D eigenvalue weighted by atomic mass is 28.3. The van der Waals surface area contributed by atoms with Crippen LogP contribution in [0.5, 0.6) is 0 Å². The summed E-state index contributed by atoms with van der Waals surface area (Å²) in [4.78, 5) is 0. The molecule has 0 bridgehead atoms. The summed E-state index contributed by atoms with van der Waals surface area (Å²) in [6, 6.07) is 0.784. The van der Waals surface area contributed by atoms with Gasteiger partial charge in [-0.3, -0.25) is 0 Å². The van der Waals surface area contributed by atoms with E-state index in [1.54, 1.807) is 0 Å². The molecule has 0 amide bonds. The average molecular weight is 280 g/mol. The summed E-state index contributed by atoms with van der Waals surface area (Å²) in [6.45, 7) is 12.0. The fraction of sp³-hybridized carbons (Fsp3) is 0.867. The Balaban J connectivity index is 2.64. The lowest BCUT2D eigenvalue weighted by Crippen LogP contribution is -2.51. The Morgan fingerprint density at radius 1 is 1.11 bits per heavy atom. The van der Waals surface area contributed by atoms with Gasteiger partial charge in [-0.2, -0.15) is 0 Å². The van der Waals surface area contributed by atoms with Crippen molar-refractivity contribution in [3.05, 3.63) is 0 Å². The van der Waals surface area contributed by atoms with Crippen LogP contribution >= 0.6 is 0 Å². The van der Waals surface area contributed by atoms with Crippen LogP contribution in [-0.2, 0) is 0 Å². The summed E-state index contributed by atoms with van der Waals surface area (Å²) < 4.78 is 2.88. The lowest BCUT2D eigenvalue weighted by atomic mass is 10.1. The first-order chi connectivity index (χ1) is 8.57. The van der Waals surface area contributed by atoms with Crippen LogP contribution in [0, 0.1) is 17.8 Å². The number of rotatable bonds is 5. The van der Waals surface area contributed by atoms with E-state index in [4.69, 9.17) is 0 Å². The lowest BCUT2D eigenvalue weighted by Gasteiger charge is -2.37. The van der Waals surface area contributed by atoms with Crippen molar-refractivity contribution in [2.75, 3.05) is 0 Å². The molecule has 1 rings (SSSR count). The normalized spacial score (nSPS) is 23.8. The monoisotopic (exact) mass is 279 g/mol. The van der Waals surface area contributed by atoms with E-state index in [0.717, 1.165) is 12.5 Å². The fourth-order valence-electron chi connectivity index (χ4n) is 3.00. The van der Waals surface area contributed by atoms with Crippen molar-refractivity contribution in [2.45, 2.75) is 77.7 Å². The first kappa shape index (κ1) is 16.0. The summed E-state index contributed by atoms with van der Waals surface area (Å²) in [5.74, 6) is 7.70. The van der Waals surface area contributed by atoms with Crippen molar-refractivity contribution in [2.24, 2.45) is 5.92 Å². The minimum absolute atomic E-state index is 0.312. The van der Waals surface area contributed by atoms with Crippen LogP contribution in [0.25, 0.3) is 0 Å². The minimum Gasteiger partial charge on any atom is -0.344 e. The largest absolute Gasteiger partial charge is 0.344 e. The van der Waals surface area contributed by atoms with E-state index < -0.39 is 0 Å². The molecule has 1 aliphatic carbocycles. The van der Waals surface area contributed by atoms with Gasteiger partial charge in [-0.15, -0.1) is 5.92 Å². The van der Waals surface area contributed by atoms with Crippen molar-refractivity contribution in [1.29, 1.82) is 0 Å².